The topological polar surface area (TPSA) is 147 Å². The lowest BCUT2D eigenvalue weighted by Gasteiger charge is -2.30. The highest BCUT2D eigenvalue weighted by Gasteiger charge is 2.61. The Bertz CT molecular complexity index is 1410. The molecule has 5 rings (SSSR count). The summed E-state index contributed by atoms with van der Waals surface area (Å²) in [4.78, 5) is 58.8. The van der Waals surface area contributed by atoms with Gasteiger partial charge in [-0.1, -0.05) is 37.1 Å². The SMILES string of the molecule is CC(C)(C)OC(=O)NC1CCCCC/C=C\C2CC2(C(=O)O)NC(=O)C2C[C@@H](Oc3ccnc4ccccc34)CN2C1=O. The standard InChI is InChI=1S/C32H40N4O7/c1-31(2,3)43-30(41)34-24-14-8-6-4-5-7-11-20-18-32(20,29(39)40)35-27(37)25-17-21(19-36(25)28(24)38)42-26-15-16-33-23-13-10-9-12-22(23)26/h7,9-13,15-16,20-21,24-25H,4-6,8,14,17-19H2,1-3H3,(H,34,41)(H,35,37)(H,39,40)/b11-7-/t20?,21-,24?,25?,32?/m1/s1. The minimum Gasteiger partial charge on any atom is -0.488 e. The van der Waals surface area contributed by atoms with E-state index in [0.29, 0.717) is 18.6 Å². The molecular weight excluding hydrogens is 552 g/mol. The molecule has 0 radical (unpaired) electrons. The van der Waals surface area contributed by atoms with Gasteiger partial charge in [0.1, 0.15) is 35.1 Å². The molecule has 1 aromatic carbocycles. The number of aromatic nitrogens is 1. The third-order valence-electron chi connectivity index (χ3n) is 8.21. The third kappa shape index (κ3) is 6.92. The molecule has 3 aliphatic rings. The highest BCUT2D eigenvalue weighted by Crippen LogP contribution is 2.45. The van der Waals surface area contributed by atoms with Crippen LogP contribution in [-0.4, -0.2) is 74.7 Å². The summed E-state index contributed by atoms with van der Waals surface area (Å²) >= 11 is 0. The van der Waals surface area contributed by atoms with Crippen LogP contribution in [0, 0.1) is 5.92 Å². The van der Waals surface area contributed by atoms with E-state index in [9.17, 15) is 24.3 Å². The van der Waals surface area contributed by atoms with E-state index in [1.54, 1.807) is 33.0 Å². The van der Waals surface area contributed by atoms with E-state index in [1.807, 2.05) is 36.4 Å². The zero-order valence-corrected chi connectivity index (χ0v) is 24.9. The van der Waals surface area contributed by atoms with Crippen molar-refractivity contribution in [2.75, 3.05) is 6.54 Å². The van der Waals surface area contributed by atoms with Gasteiger partial charge in [-0.3, -0.25) is 14.6 Å². The molecule has 1 saturated carbocycles. The number of hydrogen-bond donors (Lipinski definition) is 3. The molecule has 1 saturated heterocycles. The molecule has 2 aliphatic heterocycles. The van der Waals surface area contributed by atoms with Crippen LogP contribution in [0.3, 0.4) is 0 Å². The number of para-hydroxylation sites is 1. The van der Waals surface area contributed by atoms with Gasteiger partial charge in [0.15, 0.2) is 0 Å². The lowest BCUT2D eigenvalue weighted by molar-refractivity contribution is -0.145. The van der Waals surface area contributed by atoms with E-state index in [0.717, 1.165) is 30.2 Å². The Balaban J connectivity index is 1.44. The fourth-order valence-electron chi connectivity index (χ4n) is 5.95. The Morgan fingerprint density at radius 2 is 1.93 bits per heavy atom. The first-order chi connectivity index (χ1) is 20.5. The number of pyridine rings is 1. The number of fused-ring (bicyclic) bond motifs is 3. The van der Waals surface area contributed by atoms with Crippen molar-refractivity contribution in [3.63, 3.8) is 0 Å². The molecule has 2 fully saturated rings. The molecule has 11 nitrogen and oxygen atoms in total. The number of carboxylic acid groups (broad SMARTS) is 1. The van der Waals surface area contributed by atoms with Crippen LogP contribution < -0.4 is 15.4 Å². The highest BCUT2D eigenvalue weighted by atomic mass is 16.6. The van der Waals surface area contributed by atoms with E-state index >= 15 is 0 Å². The normalized spacial score (nSPS) is 28.9. The quantitative estimate of drug-likeness (QED) is 0.452. The number of hydrogen-bond acceptors (Lipinski definition) is 7. The van der Waals surface area contributed by atoms with Gasteiger partial charge in [-0.25, -0.2) is 9.59 Å². The summed E-state index contributed by atoms with van der Waals surface area (Å²) in [7, 11) is 0. The smallest absolute Gasteiger partial charge is 0.408 e. The summed E-state index contributed by atoms with van der Waals surface area (Å²) in [6, 6.07) is 7.36. The second-order valence-corrected chi connectivity index (χ2v) is 12.6. The molecule has 5 atom stereocenters. The highest BCUT2D eigenvalue weighted by molar-refractivity contribution is 5.96. The number of nitrogens with one attached hydrogen (secondary N) is 2. The number of aliphatic carboxylic acids is 1. The van der Waals surface area contributed by atoms with Gasteiger partial charge in [0, 0.05) is 23.9 Å². The first kappa shape index (κ1) is 30.3. The van der Waals surface area contributed by atoms with Crippen molar-refractivity contribution >= 4 is 34.8 Å². The van der Waals surface area contributed by atoms with Crippen molar-refractivity contribution in [3.05, 3.63) is 48.7 Å². The number of nitrogens with zero attached hydrogens (tertiary/aromatic N) is 2. The van der Waals surface area contributed by atoms with Gasteiger partial charge >= 0.3 is 12.1 Å². The summed E-state index contributed by atoms with van der Waals surface area (Å²) in [5.74, 6) is -1.83. The molecule has 0 bridgehead atoms. The zero-order valence-electron chi connectivity index (χ0n) is 24.9. The molecule has 3 N–H and O–H groups in total. The van der Waals surface area contributed by atoms with Gasteiger partial charge in [-0.05, 0) is 64.7 Å². The number of allylic oxidation sites excluding steroid dienone is 1. The van der Waals surface area contributed by atoms with Gasteiger partial charge in [0.25, 0.3) is 0 Å². The van der Waals surface area contributed by atoms with Gasteiger partial charge in [-0.2, -0.15) is 0 Å². The molecule has 2 aromatic rings. The minimum absolute atomic E-state index is 0.0868. The molecular formula is C32H40N4O7. The summed E-state index contributed by atoms with van der Waals surface area (Å²) in [6.07, 6.45) is 8.14. The number of ether oxygens (including phenoxy) is 2. The second kappa shape index (κ2) is 12.2. The molecule has 43 heavy (non-hydrogen) atoms. The van der Waals surface area contributed by atoms with Crippen molar-refractivity contribution < 1.29 is 33.8 Å². The van der Waals surface area contributed by atoms with E-state index in [4.69, 9.17) is 9.47 Å². The van der Waals surface area contributed by atoms with Crippen LogP contribution in [0.4, 0.5) is 4.79 Å². The largest absolute Gasteiger partial charge is 0.488 e. The fraction of sp³-hybridized carbons (Fsp3) is 0.531. The molecule has 4 unspecified atom stereocenters. The van der Waals surface area contributed by atoms with Crippen molar-refractivity contribution in [1.82, 2.24) is 20.5 Å². The average Bonchev–Trinajstić information content (AvgIpc) is 3.48. The van der Waals surface area contributed by atoms with E-state index in [-0.39, 0.29) is 25.3 Å². The van der Waals surface area contributed by atoms with Crippen LogP contribution in [-0.2, 0) is 19.1 Å². The molecule has 3 heterocycles. The summed E-state index contributed by atoms with van der Waals surface area (Å²) in [5.41, 5.74) is -1.41. The van der Waals surface area contributed by atoms with Gasteiger partial charge in [0.05, 0.1) is 12.1 Å². The summed E-state index contributed by atoms with van der Waals surface area (Å²) < 4.78 is 11.8. The predicted octanol–water partition coefficient (Wildman–Crippen LogP) is 3.96. The van der Waals surface area contributed by atoms with Gasteiger partial charge in [-0.15, -0.1) is 0 Å². The maximum atomic E-state index is 14.1. The summed E-state index contributed by atoms with van der Waals surface area (Å²) in [5, 5.41) is 16.4. The van der Waals surface area contributed by atoms with Crippen LogP contribution in [0.2, 0.25) is 0 Å². The Morgan fingerprint density at radius 3 is 2.70 bits per heavy atom. The maximum Gasteiger partial charge on any atom is 0.408 e. The lowest BCUT2D eigenvalue weighted by atomic mass is 10.0. The zero-order chi connectivity index (χ0) is 30.8. The van der Waals surface area contributed by atoms with E-state index in [1.165, 1.54) is 4.90 Å². The average molecular weight is 593 g/mol. The number of carbonyl (C=O) groups excluding carboxylic acids is 3. The number of benzene rings is 1. The monoisotopic (exact) mass is 592 g/mol. The van der Waals surface area contributed by atoms with Gasteiger partial charge in [0.2, 0.25) is 11.8 Å². The number of amides is 3. The fourth-order valence-corrected chi connectivity index (χ4v) is 5.95. The summed E-state index contributed by atoms with van der Waals surface area (Å²) in [6.45, 7) is 5.32. The molecule has 1 aliphatic carbocycles. The van der Waals surface area contributed by atoms with Crippen LogP contribution >= 0.6 is 0 Å². The van der Waals surface area contributed by atoms with Crippen molar-refractivity contribution in [1.29, 1.82) is 0 Å². The predicted molar refractivity (Wildman–Crippen MR) is 158 cm³/mol. The van der Waals surface area contributed by atoms with Crippen LogP contribution in [0.15, 0.2) is 48.7 Å². The Hall–Kier alpha value is -4.15. The Kier molecular flexibility index (Phi) is 8.62. The number of alkyl carbamates (subject to hydrolysis) is 1. The Morgan fingerprint density at radius 1 is 1.14 bits per heavy atom. The maximum absolute atomic E-state index is 14.1. The van der Waals surface area contributed by atoms with Crippen LogP contribution in [0.1, 0.15) is 65.7 Å². The minimum atomic E-state index is -1.41. The lowest BCUT2D eigenvalue weighted by Crippen LogP contribution is -2.56. The van der Waals surface area contributed by atoms with Crippen molar-refractivity contribution in [2.45, 2.75) is 95.0 Å². The Labute approximate surface area is 251 Å². The molecule has 1 aromatic heterocycles. The molecule has 0 spiro atoms. The van der Waals surface area contributed by atoms with Crippen LogP contribution in [0.25, 0.3) is 10.9 Å². The van der Waals surface area contributed by atoms with Crippen LogP contribution in [0.5, 0.6) is 5.75 Å². The number of carbonyl (C=O) groups is 4. The van der Waals surface area contributed by atoms with Crippen molar-refractivity contribution in [2.24, 2.45) is 5.92 Å². The number of rotatable bonds is 4. The first-order valence-corrected chi connectivity index (χ1v) is 15.0. The first-order valence-electron chi connectivity index (χ1n) is 15.0. The number of carboxylic acids is 1. The van der Waals surface area contributed by atoms with E-state index in [2.05, 4.69) is 15.6 Å². The van der Waals surface area contributed by atoms with E-state index < -0.39 is 53.2 Å². The third-order valence-corrected chi connectivity index (χ3v) is 8.21. The molecule has 3 amide bonds. The molecule has 11 heteroatoms. The second-order valence-electron chi connectivity index (χ2n) is 12.6. The van der Waals surface area contributed by atoms with Crippen molar-refractivity contribution in [3.8, 4) is 5.75 Å². The molecule has 230 valence electrons. The van der Waals surface area contributed by atoms with Gasteiger partial charge < -0.3 is 30.1 Å².